The molecule has 0 saturated carbocycles. The van der Waals surface area contributed by atoms with Crippen molar-refractivity contribution in [1.29, 1.82) is 0 Å². The van der Waals surface area contributed by atoms with E-state index in [0.29, 0.717) is 24.0 Å². The highest BCUT2D eigenvalue weighted by molar-refractivity contribution is 5.81. The van der Waals surface area contributed by atoms with Gasteiger partial charge in [0.15, 0.2) is 0 Å². The Morgan fingerprint density at radius 3 is 2.67 bits per heavy atom. The van der Waals surface area contributed by atoms with Crippen molar-refractivity contribution in [3.8, 4) is 0 Å². The summed E-state index contributed by atoms with van der Waals surface area (Å²) in [7, 11) is 0. The van der Waals surface area contributed by atoms with E-state index in [1.165, 1.54) is 17.3 Å². The zero-order valence-corrected chi connectivity index (χ0v) is 13.2. The number of para-hydroxylation sites is 1. The van der Waals surface area contributed by atoms with Crippen LogP contribution in [0, 0.1) is 0 Å². The summed E-state index contributed by atoms with van der Waals surface area (Å²) in [5, 5.41) is 4.73. The summed E-state index contributed by atoms with van der Waals surface area (Å²) in [4.78, 5) is 26.4. The Morgan fingerprint density at radius 2 is 1.79 bits per heavy atom. The normalized spacial score (nSPS) is 13.8. The lowest BCUT2D eigenvalue weighted by Crippen LogP contribution is -2.38. The highest BCUT2D eigenvalue weighted by atomic mass is 16.2. The smallest absolute Gasteiger partial charge is 0.244 e. The molecule has 0 atom stereocenters. The van der Waals surface area contributed by atoms with E-state index < -0.39 is 0 Å². The maximum Gasteiger partial charge on any atom is 0.244 e. The molecule has 0 spiro atoms. The van der Waals surface area contributed by atoms with Gasteiger partial charge in [0.2, 0.25) is 11.3 Å². The Balaban J connectivity index is 1.60. The average molecular weight is 319 g/mol. The fourth-order valence-corrected chi connectivity index (χ4v) is 3.22. The van der Waals surface area contributed by atoms with Gasteiger partial charge in [0.25, 0.3) is 0 Å². The predicted octanol–water partition coefficient (Wildman–Crippen LogP) is 1.98. The van der Waals surface area contributed by atoms with Crippen LogP contribution in [0.25, 0.3) is 10.9 Å². The Morgan fingerprint density at radius 1 is 1.04 bits per heavy atom. The minimum atomic E-state index is -0.124. The quantitative estimate of drug-likeness (QED) is 0.726. The van der Waals surface area contributed by atoms with E-state index in [-0.39, 0.29) is 17.9 Å². The molecule has 1 aromatic heterocycles. The van der Waals surface area contributed by atoms with Crippen LogP contribution in [0.5, 0.6) is 0 Å². The van der Waals surface area contributed by atoms with Gasteiger partial charge in [-0.15, -0.1) is 0 Å². The van der Waals surface area contributed by atoms with E-state index >= 15 is 0 Å². The molecule has 5 heteroatoms. The van der Waals surface area contributed by atoms with E-state index in [9.17, 15) is 9.59 Å². The molecular formula is C19H17N3O2. The van der Waals surface area contributed by atoms with Crippen molar-refractivity contribution >= 4 is 16.8 Å². The van der Waals surface area contributed by atoms with Gasteiger partial charge >= 0.3 is 0 Å². The number of aromatic nitrogens is 2. The molecule has 0 fully saturated rings. The molecule has 24 heavy (non-hydrogen) atoms. The molecule has 0 bridgehead atoms. The van der Waals surface area contributed by atoms with E-state index in [1.54, 1.807) is 10.7 Å². The van der Waals surface area contributed by atoms with Crippen LogP contribution in [-0.2, 0) is 24.3 Å². The second-order valence-electron chi connectivity index (χ2n) is 6.02. The number of fused-ring (bicyclic) bond motifs is 2. The summed E-state index contributed by atoms with van der Waals surface area (Å²) in [6, 6.07) is 15.5. The van der Waals surface area contributed by atoms with E-state index in [4.69, 9.17) is 0 Å². The van der Waals surface area contributed by atoms with Crippen molar-refractivity contribution in [2.75, 3.05) is 6.54 Å². The topological polar surface area (TPSA) is 55.2 Å². The fraction of sp³-hybridized carbons (Fsp3) is 0.211. The number of carbonyl (C=O) groups is 1. The largest absolute Gasteiger partial charge is 0.336 e. The molecule has 0 radical (unpaired) electrons. The number of nitrogens with zero attached hydrogens (tertiary/aromatic N) is 3. The van der Waals surface area contributed by atoms with E-state index in [2.05, 4.69) is 17.2 Å². The van der Waals surface area contributed by atoms with Crippen LogP contribution in [0.15, 0.2) is 59.5 Å². The van der Waals surface area contributed by atoms with Crippen molar-refractivity contribution in [2.24, 2.45) is 0 Å². The van der Waals surface area contributed by atoms with Gasteiger partial charge < -0.3 is 4.90 Å². The molecular weight excluding hydrogens is 302 g/mol. The minimum Gasteiger partial charge on any atom is -0.336 e. The monoisotopic (exact) mass is 319 g/mol. The first kappa shape index (κ1) is 14.6. The van der Waals surface area contributed by atoms with Crippen molar-refractivity contribution in [2.45, 2.75) is 19.5 Å². The van der Waals surface area contributed by atoms with Gasteiger partial charge in [-0.05, 0) is 29.7 Å². The predicted molar refractivity (Wildman–Crippen MR) is 91.6 cm³/mol. The van der Waals surface area contributed by atoms with E-state index in [1.807, 2.05) is 35.2 Å². The zero-order valence-electron chi connectivity index (χ0n) is 13.2. The van der Waals surface area contributed by atoms with Crippen molar-refractivity contribution < 1.29 is 4.79 Å². The van der Waals surface area contributed by atoms with Crippen LogP contribution >= 0.6 is 0 Å². The highest BCUT2D eigenvalue weighted by Gasteiger charge is 2.21. The Labute approximate surface area is 139 Å². The lowest BCUT2D eigenvalue weighted by atomic mass is 10.00. The maximum atomic E-state index is 12.7. The molecule has 3 aromatic rings. The van der Waals surface area contributed by atoms with Crippen molar-refractivity contribution in [1.82, 2.24) is 14.7 Å². The van der Waals surface area contributed by atoms with Crippen LogP contribution in [0.3, 0.4) is 0 Å². The Hall–Kier alpha value is -2.95. The van der Waals surface area contributed by atoms with Crippen LogP contribution in [-0.4, -0.2) is 27.1 Å². The first-order chi connectivity index (χ1) is 11.7. The second kappa shape index (κ2) is 5.92. The van der Waals surface area contributed by atoms with Crippen molar-refractivity contribution in [3.63, 3.8) is 0 Å². The summed E-state index contributed by atoms with van der Waals surface area (Å²) < 4.78 is 1.61. The molecule has 0 aliphatic carbocycles. The van der Waals surface area contributed by atoms with Crippen LogP contribution in [0.2, 0.25) is 0 Å². The number of carbonyl (C=O) groups excluding carboxylic acids is 1. The lowest BCUT2D eigenvalue weighted by molar-refractivity contribution is -0.132. The molecule has 5 nitrogen and oxygen atoms in total. The molecule has 120 valence electrons. The average Bonchev–Trinajstić information content (AvgIpc) is 2.64. The van der Waals surface area contributed by atoms with Crippen LogP contribution in [0.1, 0.15) is 11.1 Å². The number of amides is 1. The summed E-state index contributed by atoms with van der Waals surface area (Å²) in [6.45, 7) is 1.49. The molecule has 0 saturated heterocycles. The summed E-state index contributed by atoms with van der Waals surface area (Å²) in [5.41, 5.74) is 3.08. The minimum absolute atomic E-state index is 0.0193. The molecule has 1 aliphatic rings. The molecule has 4 rings (SSSR count). The maximum absolute atomic E-state index is 12.7. The third kappa shape index (κ3) is 2.58. The Bertz CT molecular complexity index is 978. The molecule has 2 aromatic carbocycles. The first-order valence-corrected chi connectivity index (χ1v) is 8.02. The fourth-order valence-electron chi connectivity index (χ4n) is 3.22. The van der Waals surface area contributed by atoms with Crippen LogP contribution < -0.4 is 5.43 Å². The van der Waals surface area contributed by atoms with E-state index in [0.717, 1.165) is 6.42 Å². The van der Waals surface area contributed by atoms with Gasteiger partial charge in [0, 0.05) is 18.5 Å². The summed E-state index contributed by atoms with van der Waals surface area (Å²) in [6.07, 6.45) is 2.15. The van der Waals surface area contributed by atoms with Gasteiger partial charge in [0.05, 0.1) is 11.7 Å². The van der Waals surface area contributed by atoms with Crippen molar-refractivity contribution in [3.05, 3.63) is 76.1 Å². The Kier molecular flexibility index (Phi) is 3.61. The summed E-state index contributed by atoms with van der Waals surface area (Å²) >= 11 is 0. The van der Waals surface area contributed by atoms with Gasteiger partial charge in [0.1, 0.15) is 6.54 Å². The second-order valence-corrected chi connectivity index (χ2v) is 6.02. The standard InChI is InChI=1S/C19H17N3O2/c23-18-11-20-22(17-8-4-3-7-16(17)18)13-19(24)21-10-9-14-5-1-2-6-15(14)12-21/h1-8,11H,9-10,12-13H2. The zero-order chi connectivity index (χ0) is 16.5. The molecule has 0 N–H and O–H groups in total. The third-order valence-corrected chi connectivity index (χ3v) is 4.53. The van der Waals surface area contributed by atoms with Gasteiger partial charge in [-0.25, -0.2) is 0 Å². The lowest BCUT2D eigenvalue weighted by Gasteiger charge is -2.29. The van der Waals surface area contributed by atoms with Gasteiger partial charge in [-0.3, -0.25) is 14.3 Å². The number of benzene rings is 2. The van der Waals surface area contributed by atoms with Gasteiger partial charge in [-0.1, -0.05) is 36.4 Å². The summed E-state index contributed by atoms with van der Waals surface area (Å²) in [5.74, 6) is 0.0193. The molecule has 0 unspecified atom stereocenters. The molecule has 1 aliphatic heterocycles. The number of hydrogen-bond donors (Lipinski definition) is 0. The first-order valence-electron chi connectivity index (χ1n) is 8.02. The number of rotatable bonds is 2. The SMILES string of the molecule is O=C(Cn1ncc(=O)c2ccccc21)N1CCc2ccccc2C1. The molecule has 2 heterocycles. The highest BCUT2D eigenvalue weighted by Crippen LogP contribution is 2.19. The third-order valence-electron chi connectivity index (χ3n) is 4.53. The van der Waals surface area contributed by atoms with Gasteiger partial charge in [-0.2, -0.15) is 5.10 Å². The molecule has 1 amide bonds. The van der Waals surface area contributed by atoms with Crippen LogP contribution in [0.4, 0.5) is 0 Å². The number of hydrogen-bond acceptors (Lipinski definition) is 3.